The minimum atomic E-state index is -0.412. The molecule has 0 aliphatic carbocycles. The molecule has 0 amide bonds. The summed E-state index contributed by atoms with van der Waals surface area (Å²) >= 11 is 0. The summed E-state index contributed by atoms with van der Waals surface area (Å²) in [4.78, 5) is 0. The highest BCUT2D eigenvalue weighted by Crippen LogP contribution is 2.26. The lowest BCUT2D eigenvalue weighted by Gasteiger charge is -2.14. The Morgan fingerprint density at radius 3 is 2.57 bits per heavy atom. The molecule has 0 aromatic heterocycles. The summed E-state index contributed by atoms with van der Waals surface area (Å²) in [6, 6.07) is 12.2. The van der Waals surface area contributed by atoms with Crippen molar-refractivity contribution in [3.8, 4) is 5.75 Å². The molecule has 2 rings (SSSR count). The van der Waals surface area contributed by atoms with E-state index in [2.05, 4.69) is 13.8 Å². The van der Waals surface area contributed by atoms with E-state index in [1.54, 1.807) is 12.1 Å². The van der Waals surface area contributed by atoms with Gasteiger partial charge in [-0.2, -0.15) is 0 Å². The molecule has 3 N–H and O–H groups in total. The maximum absolute atomic E-state index is 13.9. The monoisotopic (exact) mass is 286 g/mol. The molecule has 2 aromatic carbocycles. The fraction of sp³-hybridized carbons (Fsp3) is 0.235. The van der Waals surface area contributed by atoms with Crippen LogP contribution in [0.25, 0.3) is 0 Å². The maximum atomic E-state index is 13.9. The molecule has 4 heteroatoms. The van der Waals surface area contributed by atoms with Crippen molar-refractivity contribution >= 4 is 5.84 Å². The van der Waals surface area contributed by atoms with Crippen LogP contribution in [0.15, 0.2) is 42.5 Å². The van der Waals surface area contributed by atoms with Gasteiger partial charge >= 0.3 is 0 Å². The van der Waals surface area contributed by atoms with Crippen molar-refractivity contribution in [1.82, 2.24) is 0 Å². The van der Waals surface area contributed by atoms with Crippen LogP contribution >= 0.6 is 0 Å². The summed E-state index contributed by atoms with van der Waals surface area (Å²) in [5.74, 6) is 0.546. The summed E-state index contributed by atoms with van der Waals surface area (Å²) in [5, 5.41) is 7.29. The Balaban J connectivity index is 2.15. The molecule has 0 atom stereocenters. The smallest absolute Gasteiger partial charge is 0.130 e. The zero-order valence-corrected chi connectivity index (χ0v) is 12.2. The molecule has 0 fully saturated rings. The van der Waals surface area contributed by atoms with E-state index in [0.29, 0.717) is 17.0 Å². The van der Waals surface area contributed by atoms with Crippen LogP contribution < -0.4 is 10.5 Å². The highest BCUT2D eigenvalue weighted by atomic mass is 19.1. The molecule has 110 valence electrons. The normalized spacial score (nSPS) is 10.7. The first-order chi connectivity index (χ1) is 9.99. The Bertz CT molecular complexity index is 653. The SMILES string of the molecule is CC(C)c1ccccc1OCc1ccc(C(=N)N)cc1F. The Hall–Kier alpha value is -2.36. The van der Waals surface area contributed by atoms with Crippen molar-refractivity contribution in [2.45, 2.75) is 26.4 Å². The van der Waals surface area contributed by atoms with Crippen LogP contribution in [0.4, 0.5) is 4.39 Å². The lowest BCUT2D eigenvalue weighted by atomic mass is 10.0. The van der Waals surface area contributed by atoms with Crippen molar-refractivity contribution in [3.63, 3.8) is 0 Å². The summed E-state index contributed by atoms with van der Waals surface area (Å²) in [6.07, 6.45) is 0. The lowest BCUT2D eigenvalue weighted by molar-refractivity contribution is 0.295. The number of para-hydroxylation sites is 1. The molecule has 2 aromatic rings. The van der Waals surface area contributed by atoms with E-state index in [1.807, 2.05) is 24.3 Å². The fourth-order valence-electron chi connectivity index (χ4n) is 2.08. The van der Waals surface area contributed by atoms with Gasteiger partial charge in [0.1, 0.15) is 24.0 Å². The third-order valence-electron chi connectivity index (χ3n) is 3.29. The van der Waals surface area contributed by atoms with Gasteiger partial charge in [0.05, 0.1) is 0 Å². The molecule has 0 aliphatic heterocycles. The third kappa shape index (κ3) is 3.60. The van der Waals surface area contributed by atoms with E-state index in [9.17, 15) is 4.39 Å². The molecule has 0 spiro atoms. The van der Waals surface area contributed by atoms with Crippen LogP contribution in [0.2, 0.25) is 0 Å². The second-order valence-corrected chi connectivity index (χ2v) is 5.20. The molecule has 0 saturated heterocycles. The zero-order chi connectivity index (χ0) is 15.4. The maximum Gasteiger partial charge on any atom is 0.130 e. The number of hydrogen-bond acceptors (Lipinski definition) is 2. The zero-order valence-electron chi connectivity index (χ0n) is 12.2. The van der Waals surface area contributed by atoms with E-state index < -0.39 is 5.82 Å². The highest BCUT2D eigenvalue weighted by Gasteiger charge is 2.09. The van der Waals surface area contributed by atoms with Gasteiger partial charge in [0.15, 0.2) is 0 Å². The van der Waals surface area contributed by atoms with Gasteiger partial charge in [-0.15, -0.1) is 0 Å². The van der Waals surface area contributed by atoms with Gasteiger partial charge in [-0.05, 0) is 23.6 Å². The summed E-state index contributed by atoms with van der Waals surface area (Å²) in [6.45, 7) is 4.32. The second kappa shape index (κ2) is 6.39. The number of nitrogen functional groups attached to an aromatic ring is 1. The third-order valence-corrected chi connectivity index (χ3v) is 3.29. The number of ether oxygens (including phenoxy) is 1. The number of hydrogen-bond donors (Lipinski definition) is 2. The van der Waals surface area contributed by atoms with Gasteiger partial charge in [-0.1, -0.05) is 44.2 Å². The van der Waals surface area contributed by atoms with Crippen LogP contribution in [0.1, 0.15) is 36.5 Å². The molecular weight excluding hydrogens is 267 g/mol. The van der Waals surface area contributed by atoms with E-state index in [1.165, 1.54) is 6.07 Å². The highest BCUT2D eigenvalue weighted by molar-refractivity contribution is 5.94. The van der Waals surface area contributed by atoms with Crippen molar-refractivity contribution in [1.29, 1.82) is 5.41 Å². The first kappa shape index (κ1) is 15.0. The molecule has 0 heterocycles. The first-order valence-electron chi connectivity index (χ1n) is 6.83. The largest absolute Gasteiger partial charge is 0.489 e. The van der Waals surface area contributed by atoms with E-state index in [-0.39, 0.29) is 12.4 Å². The molecule has 0 saturated carbocycles. The van der Waals surface area contributed by atoms with Gasteiger partial charge in [-0.3, -0.25) is 5.41 Å². The van der Waals surface area contributed by atoms with Crippen molar-refractivity contribution < 1.29 is 9.13 Å². The number of amidine groups is 1. The number of benzene rings is 2. The molecule has 0 aliphatic rings. The second-order valence-electron chi connectivity index (χ2n) is 5.20. The average molecular weight is 286 g/mol. The fourth-order valence-corrected chi connectivity index (χ4v) is 2.08. The number of rotatable bonds is 5. The molecule has 0 unspecified atom stereocenters. The van der Waals surface area contributed by atoms with Crippen LogP contribution in [0.5, 0.6) is 5.75 Å². The van der Waals surface area contributed by atoms with Gasteiger partial charge in [-0.25, -0.2) is 4.39 Å². The quantitative estimate of drug-likeness (QED) is 0.648. The Morgan fingerprint density at radius 1 is 1.24 bits per heavy atom. The molecule has 0 bridgehead atoms. The van der Waals surface area contributed by atoms with Gasteiger partial charge < -0.3 is 10.5 Å². The summed E-state index contributed by atoms with van der Waals surface area (Å²) in [7, 11) is 0. The van der Waals surface area contributed by atoms with Crippen LogP contribution in [-0.4, -0.2) is 5.84 Å². The molecule has 21 heavy (non-hydrogen) atoms. The standard InChI is InChI=1S/C17H19FN2O/c1-11(2)14-5-3-4-6-16(14)21-10-13-8-7-12(17(19)20)9-15(13)18/h3-9,11H,10H2,1-2H3,(H3,19,20). The molecule has 0 radical (unpaired) electrons. The molecular formula is C17H19FN2O. The Labute approximate surface area is 124 Å². The van der Waals surface area contributed by atoms with Crippen molar-refractivity contribution in [2.75, 3.05) is 0 Å². The topological polar surface area (TPSA) is 59.1 Å². The van der Waals surface area contributed by atoms with Gasteiger partial charge in [0.25, 0.3) is 0 Å². The molecule has 3 nitrogen and oxygen atoms in total. The van der Waals surface area contributed by atoms with Crippen molar-refractivity contribution in [3.05, 3.63) is 65.0 Å². The Kier molecular flexibility index (Phi) is 4.58. The predicted molar refractivity (Wildman–Crippen MR) is 82.3 cm³/mol. The van der Waals surface area contributed by atoms with E-state index in [0.717, 1.165) is 11.3 Å². The predicted octanol–water partition coefficient (Wildman–Crippen LogP) is 3.81. The van der Waals surface area contributed by atoms with Gasteiger partial charge in [0, 0.05) is 11.1 Å². The minimum Gasteiger partial charge on any atom is -0.489 e. The van der Waals surface area contributed by atoms with E-state index in [4.69, 9.17) is 15.9 Å². The van der Waals surface area contributed by atoms with Crippen LogP contribution in [0, 0.1) is 11.2 Å². The summed E-state index contributed by atoms with van der Waals surface area (Å²) < 4.78 is 19.7. The van der Waals surface area contributed by atoms with Crippen LogP contribution in [0.3, 0.4) is 0 Å². The first-order valence-corrected chi connectivity index (χ1v) is 6.83. The van der Waals surface area contributed by atoms with Gasteiger partial charge in [0.2, 0.25) is 0 Å². The average Bonchev–Trinajstić information content (AvgIpc) is 2.46. The van der Waals surface area contributed by atoms with Crippen LogP contribution in [-0.2, 0) is 6.61 Å². The minimum absolute atomic E-state index is 0.147. The van der Waals surface area contributed by atoms with Crippen molar-refractivity contribution in [2.24, 2.45) is 5.73 Å². The number of halogens is 1. The Morgan fingerprint density at radius 2 is 1.95 bits per heavy atom. The number of nitrogens with one attached hydrogen (secondary N) is 1. The number of nitrogens with two attached hydrogens (primary N) is 1. The van der Waals surface area contributed by atoms with E-state index >= 15 is 0 Å². The summed E-state index contributed by atoms with van der Waals surface area (Å²) in [5.41, 5.74) is 7.25. The lowest BCUT2D eigenvalue weighted by Crippen LogP contribution is -2.12.